The summed E-state index contributed by atoms with van der Waals surface area (Å²) in [5.74, 6) is 0.460. The van der Waals surface area contributed by atoms with Gasteiger partial charge in [-0.25, -0.2) is 0 Å². The predicted octanol–water partition coefficient (Wildman–Crippen LogP) is 0.600. The predicted molar refractivity (Wildman–Crippen MR) is 44.7 cm³/mol. The largest absolute Gasteiger partial charge is 0.346 e. The van der Waals surface area contributed by atoms with Crippen LogP contribution in [0.15, 0.2) is 4.99 Å². The molecule has 11 heavy (non-hydrogen) atoms. The maximum atomic E-state index is 11.1. The van der Waals surface area contributed by atoms with E-state index >= 15 is 0 Å². The zero-order chi connectivity index (χ0) is 8.43. The van der Waals surface area contributed by atoms with E-state index in [9.17, 15) is 4.79 Å². The molecule has 0 spiro atoms. The number of hydrogen-bond donors (Lipinski definition) is 1. The number of nitrogens with one attached hydrogen (secondary N) is 1. The first-order valence-electron chi connectivity index (χ1n) is 3.95. The van der Waals surface area contributed by atoms with E-state index in [4.69, 9.17) is 0 Å². The molecule has 0 aromatic rings. The van der Waals surface area contributed by atoms with Crippen molar-refractivity contribution in [1.29, 1.82) is 0 Å². The van der Waals surface area contributed by atoms with Crippen molar-refractivity contribution >= 4 is 12.1 Å². The number of carbonyl (C=O) groups is 1. The minimum absolute atomic E-state index is 0.0335. The number of aliphatic imine (C=N–C) groups is 1. The van der Waals surface area contributed by atoms with E-state index in [0.29, 0.717) is 5.92 Å². The summed E-state index contributed by atoms with van der Waals surface area (Å²) in [6.07, 6.45) is 1.83. The quantitative estimate of drug-likeness (QED) is 0.590. The van der Waals surface area contributed by atoms with Crippen LogP contribution in [0.5, 0.6) is 0 Å². The molecular weight excluding hydrogens is 140 g/mol. The summed E-state index contributed by atoms with van der Waals surface area (Å²) in [4.78, 5) is 15.2. The Kier molecular flexibility index (Phi) is 2.27. The Morgan fingerprint density at radius 2 is 2.27 bits per heavy atom. The minimum Gasteiger partial charge on any atom is -0.346 e. The highest BCUT2D eigenvalue weighted by molar-refractivity contribution is 5.89. The molecule has 0 saturated heterocycles. The van der Waals surface area contributed by atoms with Crippen molar-refractivity contribution in [2.24, 2.45) is 10.9 Å². The third-order valence-electron chi connectivity index (χ3n) is 1.88. The smallest absolute Gasteiger partial charge is 0.245 e. The lowest BCUT2D eigenvalue weighted by molar-refractivity contribution is -0.122. The third kappa shape index (κ3) is 1.79. The molecule has 0 radical (unpaired) electrons. The topological polar surface area (TPSA) is 41.5 Å². The Hall–Kier alpha value is -0.860. The van der Waals surface area contributed by atoms with Crippen molar-refractivity contribution < 1.29 is 4.79 Å². The molecule has 2 unspecified atom stereocenters. The van der Waals surface area contributed by atoms with Crippen molar-refractivity contribution in [2.45, 2.75) is 32.9 Å². The van der Waals surface area contributed by atoms with E-state index < -0.39 is 0 Å². The zero-order valence-electron chi connectivity index (χ0n) is 7.16. The van der Waals surface area contributed by atoms with Crippen LogP contribution in [0.4, 0.5) is 0 Å². The first-order valence-corrected chi connectivity index (χ1v) is 3.95. The summed E-state index contributed by atoms with van der Waals surface area (Å²) in [6, 6.07) is -0.0799. The van der Waals surface area contributed by atoms with Crippen LogP contribution >= 0.6 is 0 Å². The summed E-state index contributed by atoms with van der Waals surface area (Å²) < 4.78 is 0. The number of hydrogen-bond acceptors (Lipinski definition) is 2. The highest BCUT2D eigenvalue weighted by Crippen LogP contribution is 2.05. The Morgan fingerprint density at radius 3 is 2.73 bits per heavy atom. The van der Waals surface area contributed by atoms with Crippen LogP contribution in [0.3, 0.4) is 0 Å². The molecule has 0 aromatic carbocycles. The van der Waals surface area contributed by atoms with Crippen LogP contribution in [-0.4, -0.2) is 24.2 Å². The lowest BCUT2D eigenvalue weighted by Crippen LogP contribution is -2.47. The number of nitrogens with zero attached hydrogens (tertiary/aromatic N) is 1. The third-order valence-corrected chi connectivity index (χ3v) is 1.88. The van der Waals surface area contributed by atoms with Crippen LogP contribution in [0.1, 0.15) is 20.8 Å². The van der Waals surface area contributed by atoms with E-state index in [1.54, 1.807) is 6.92 Å². The average molecular weight is 154 g/mol. The lowest BCUT2D eigenvalue weighted by Gasteiger charge is -2.23. The SMILES string of the molecule is CC1N=CC(C(C)C)NC1=O. The molecule has 3 nitrogen and oxygen atoms in total. The normalized spacial score (nSPS) is 30.7. The lowest BCUT2D eigenvalue weighted by atomic mass is 10.0. The number of rotatable bonds is 1. The van der Waals surface area contributed by atoms with Gasteiger partial charge in [-0.05, 0) is 12.8 Å². The minimum atomic E-state index is -0.204. The zero-order valence-corrected chi connectivity index (χ0v) is 7.16. The fourth-order valence-electron chi connectivity index (χ4n) is 0.950. The van der Waals surface area contributed by atoms with E-state index in [1.807, 2.05) is 6.21 Å². The van der Waals surface area contributed by atoms with Crippen LogP contribution in [-0.2, 0) is 4.79 Å². The highest BCUT2D eigenvalue weighted by Gasteiger charge is 2.21. The van der Waals surface area contributed by atoms with Gasteiger partial charge in [-0.2, -0.15) is 0 Å². The van der Waals surface area contributed by atoms with Gasteiger partial charge in [-0.3, -0.25) is 9.79 Å². The van der Waals surface area contributed by atoms with Gasteiger partial charge in [-0.1, -0.05) is 13.8 Å². The Bertz CT molecular complexity index is 187. The van der Waals surface area contributed by atoms with Crippen LogP contribution in [0.25, 0.3) is 0 Å². The number of amides is 1. The molecule has 1 aliphatic heterocycles. The van der Waals surface area contributed by atoms with Crippen molar-refractivity contribution in [3.05, 3.63) is 0 Å². The molecule has 0 fully saturated rings. The molecule has 1 amide bonds. The molecule has 1 N–H and O–H groups in total. The van der Waals surface area contributed by atoms with Crippen molar-refractivity contribution in [1.82, 2.24) is 5.32 Å². The summed E-state index contributed by atoms with van der Waals surface area (Å²) in [6.45, 7) is 5.92. The highest BCUT2D eigenvalue weighted by atomic mass is 16.2. The fourth-order valence-corrected chi connectivity index (χ4v) is 0.950. The second kappa shape index (κ2) is 3.03. The second-order valence-electron chi connectivity index (χ2n) is 3.25. The maximum Gasteiger partial charge on any atom is 0.245 e. The van der Waals surface area contributed by atoms with Gasteiger partial charge in [0.2, 0.25) is 5.91 Å². The summed E-state index contributed by atoms with van der Waals surface area (Å²) in [5, 5.41) is 2.88. The van der Waals surface area contributed by atoms with Crippen LogP contribution in [0, 0.1) is 5.92 Å². The Morgan fingerprint density at radius 1 is 1.64 bits per heavy atom. The second-order valence-corrected chi connectivity index (χ2v) is 3.25. The van der Waals surface area contributed by atoms with Crippen LogP contribution < -0.4 is 5.32 Å². The molecule has 62 valence electrons. The average Bonchev–Trinajstić information content (AvgIpc) is 1.94. The van der Waals surface area contributed by atoms with Gasteiger partial charge < -0.3 is 5.32 Å². The molecule has 0 bridgehead atoms. The van der Waals surface area contributed by atoms with Gasteiger partial charge in [0.25, 0.3) is 0 Å². The van der Waals surface area contributed by atoms with Crippen molar-refractivity contribution in [2.75, 3.05) is 0 Å². The van der Waals surface area contributed by atoms with E-state index in [-0.39, 0.29) is 18.0 Å². The molecule has 3 heteroatoms. The standard InChI is InChI=1S/C8H14N2O/c1-5(2)7-4-9-6(3)8(11)10-7/h4-7H,1-3H3,(H,10,11). The summed E-state index contributed by atoms with van der Waals surface area (Å²) in [5.41, 5.74) is 0. The monoisotopic (exact) mass is 154 g/mol. The molecule has 1 aliphatic rings. The van der Waals surface area contributed by atoms with Crippen molar-refractivity contribution in [3.8, 4) is 0 Å². The van der Waals surface area contributed by atoms with Gasteiger partial charge in [0.15, 0.2) is 0 Å². The van der Waals surface area contributed by atoms with Gasteiger partial charge in [-0.15, -0.1) is 0 Å². The molecule has 1 rings (SSSR count). The summed E-state index contributed by atoms with van der Waals surface area (Å²) in [7, 11) is 0. The van der Waals surface area contributed by atoms with E-state index in [0.717, 1.165) is 0 Å². The van der Waals surface area contributed by atoms with Gasteiger partial charge >= 0.3 is 0 Å². The maximum absolute atomic E-state index is 11.1. The molecule has 0 aromatic heterocycles. The van der Waals surface area contributed by atoms with Gasteiger partial charge in [0, 0.05) is 6.21 Å². The molecule has 0 saturated carbocycles. The first kappa shape index (κ1) is 8.24. The molecule has 0 aliphatic carbocycles. The molecule has 1 heterocycles. The van der Waals surface area contributed by atoms with Crippen LogP contribution in [0.2, 0.25) is 0 Å². The Balaban J connectivity index is 2.64. The molecule has 2 atom stereocenters. The Labute approximate surface area is 66.9 Å². The van der Waals surface area contributed by atoms with E-state index in [1.165, 1.54) is 0 Å². The van der Waals surface area contributed by atoms with Gasteiger partial charge in [0.1, 0.15) is 6.04 Å². The van der Waals surface area contributed by atoms with Gasteiger partial charge in [0.05, 0.1) is 6.04 Å². The first-order chi connectivity index (χ1) is 5.11. The van der Waals surface area contributed by atoms with Crippen molar-refractivity contribution in [3.63, 3.8) is 0 Å². The summed E-state index contributed by atoms with van der Waals surface area (Å²) >= 11 is 0. The molecular formula is C8H14N2O. The fraction of sp³-hybridized carbons (Fsp3) is 0.750. The number of carbonyl (C=O) groups excluding carboxylic acids is 1. The van der Waals surface area contributed by atoms with E-state index in [2.05, 4.69) is 24.2 Å².